The predicted molar refractivity (Wildman–Crippen MR) is 61.3 cm³/mol. The molecule has 1 saturated heterocycles. The third-order valence-corrected chi connectivity index (χ3v) is 2.55. The molecule has 1 aliphatic heterocycles. The van der Waals surface area contributed by atoms with E-state index in [9.17, 15) is 4.79 Å². The summed E-state index contributed by atoms with van der Waals surface area (Å²) in [6.45, 7) is 3.41. The van der Waals surface area contributed by atoms with Gasteiger partial charge in [-0.1, -0.05) is 0 Å². The van der Waals surface area contributed by atoms with Crippen LogP contribution in [0.5, 0.6) is 0 Å². The summed E-state index contributed by atoms with van der Waals surface area (Å²) in [6.07, 6.45) is 3.20. The number of carbonyl (C=O) groups excluding carboxylic acids is 1. The van der Waals surface area contributed by atoms with Crippen molar-refractivity contribution < 1.29 is 14.3 Å². The van der Waals surface area contributed by atoms with Crippen molar-refractivity contribution in [2.24, 2.45) is 0 Å². The van der Waals surface area contributed by atoms with Gasteiger partial charge in [-0.15, -0.1) is 0 Å². The van der Waals surface area contributed by atoms with Crippen LogP contribution in [0.15, 0.2) is 0 Å². The Kier molecular flexibility index (Phi) is 7.12. The maximum Gasteiger partial charge on any atom is 0.246 e. The maximum absolute atomic E-state index is 11.4. The second kappa shape index (κ2) is 8.50. The highest BCUT2D eigenvalue weighted by molar-refractivity contribution is 5.77. The highest BCUT2D eigenvalue weighted by atomic mass is 16.5. The van der Waals surface area contributed by atoms with Crippen molar-refractivity contribution in [2.75, 3.05) is 40.0 Å². The van der Waals surface area contributed by atoms with Crippen LogP contribution < -0.4 is 10.6 Å². The summed E-state index contributed by atoms with van der Waals surface area (Å²) in [7, 11) is 1.65. The molecule has 1 aliphatic rings. The van der Waals surface area contributed by atoms with Gasteiger partial charge in [0.1, 0.15) is 6.61 Å². The van der Waals surface area contributed by atoms with Crippen LogP contribution in [0.25, 0.3) is 0 Å². The largest absolute Gasteiger partial charge is 0.385 e. The van der Waals surface area contributed by atoms with E-state index in [2.05, 4.69) is 10.6 Å². The first kappa shape index (κ1) is 13.4. The van der Waals surface area contributed by atoms with Crippen LogP contribution >= 0.6 is 0 Å². The number of hydrogen-bond acceptors (Lipinski definition) is 4. The molecule has 5 heteroatoms. The average molecular weight is 230 g/mol. The number of methoxy groups -OCH3 is 1. The normalized spacial score (nSPS) is 20.7. The summed E-state index contributed by atoms with van der Waals surface area (Å²) >= 11 is 0. The third-order valence-electron chi connectivity index (χ3n) is 2.55. The third kappa shape index (κ3) is 6.05. The summed E-state index contributed by atoms with van der Waals surface area (Å²) in [5.41, 5.74) is 0. The topological polar surface area (TPSA) is 59.6 Å². The van der Waals surface area contributed by atoms with Crippen molar-refractivity contribution in [2.45, 2.75) is 25.4 Å². The Morgan fingerprint density at radius 2 is 2.44 bits per heavy atom. The van der Waals surface area contributed by atoms with Crippen molar-refractivity contribution >= 4 is 5.91 Å². The van der Waals surface area contributed by atoms with Gasteiger partial charge >= 0.3 is 0 Å². The van der Waals surface area contributed by atoms with E-state index in [0.717, 1.165) is 32.4 Å². The number of hydrogen-bond donors (Lipinski definition) is 2. The number of nitrogens with one attached hydrogen (secondary N) is 2. The van der Waals surface area contributed by atoms with Crippen molar-refractivity contribution in [3.05, 3.63) is 0 Å². The average Bonchev–Trinajstić information content (AvgIpc) is 2.33. The first-order valence-corrected chi connectivity index (χ1v) is 5.91. The lowest BCUT2D eigenvalue weighted by atomic mass is 10.1. The molecule has 1 amide bonds. The van der Waals surface area contributed by atoms with E-state index < -0.39 is 0 Å². The molecule has 94 valence electrons. The lowest BCUT2D eigenvalue weighted by Gasteiger charge is -2.22. The molecular weight excluding hydrogens is 208 g/mol. The van der Waals surface area contributed by atoms with Gasteiger partial charge in [-0.2, -0.15) is 0 Å². The first-order chi connectivity index (χ1) is 7.83. The van der Waals surface area contributed by atoms with Gasteiger partial charge in [-0.05, 0) is 25.8 Å². The van der Waals surface area contributed by atoms with Gasteiger partial charge in [0.2, 0.25) is 5.91 Å². The van der Waals surface area contributed by atoms with Crippen LogP contribution in [0.2, 0.25) is 0 Å². The van der Waals surface area contributed by atoms with Crippen LogP contribution in [0.4, 0.5) is 0 Å². The number of ether oxygens (including phenoxy) is 2. The molecule has 0 saturated carbocycles. The highest BCUT2D eigenvalue weighted by Gasteiger charge is 2.14. The second-order valence-corrected chi connectivity index (χ2v) is 3.98. The number of rotatable bonds is 7. The van der Waals surface area contributed by atoms with E-state index >= 15 is 0 Å². The van der Waals surface area contributed by atoms with Gasteiger partial charge in [-0.25, -0.2) is 0 Å². The minimum absolute atomic E-state index is 0.0401. The van der Waals surface area contributed by atoms with Crippen LogP contribution in [0, 0.1) is 0 Å². The molecule has 0 bridgehead atoms. The predicted octanol–water partition coefficient (Wildman–Crippen LogP) is -0.0923. The summed E-state index contributed by atoms with van der Waals surface area (Å²) in [4.78, 5) is 11.4. The van der Waals surface area contributed by atoms with E-state index in [1.165, 1.54) is 0 Å². The minimum atomic E-state index is -0.0401. The SMILES string of the molecule is COCCCNC(=O)COC1CCCNC1. The van der Waals surface area contributed by atoms with Crippen molar-refractivity contribution in [3.8, 4) is 0 Å². The fraction of sp³-hybridized carbons (Fsp3) is 0.909. The smallest absolute Gasteiger partial charge is 0.246 e. The molecule has 0 aromatic rings. The van der Waals surface area contributed by atoms with Crippen molar-refractivity contribution in [1.82, 2.24) is 10.6 Å². The van der Waals surface area contributed by atoms with E-state index in [1.54, 1.807) is 7.11 Å². The molecule has 1 heterocycles. The van der Waals surface area contributed by atoms with E-state index in [-0.39, 0.29) is 18.6 Å². The minimum Gasteiger partial charge on any atom is -0.385 e. The molecule has 1 atom stereocenters. The quantitative estimate of drug-likeness (QED) is 0.600. The Morgan fingerprint density at radius 3 is 3.12 bits per heavy atom. The fourth-order valence-electron chi connectivity index (χ4n) is 1.65. The summed E-state index contributed by atoms with van der Waals surface area (Å²) in [5.74, 6) is -0.0401. The molecular formula is C11H22N2O3. The first-order valence-electron chi connectivity index (χ1n) is 5.91. The fourth-order valence-corrected chi connectivity index (χ4v) is 1.65. The lowest BCUT2D eigenvalue weighted by molar-refractivity contribution is -0.128. The standard InChI is InChI=1S/C11H22N2O3/c1-15-7-3-6-13-11(14)9-16-10-4-2-5-12-8-10/h10,12H,2-9H2,1H3,(H,13,14). The van der Waals surface area contributed by atoms with Crippen LogP contribution in [0.1, 0.15) is 19.3 Å². The zero-order chi connectivity index (χ0) is 11.6. The Bertz CT molecular complexity index is 194. The summed E-state index contributed by atoms with van der Waals surface area (Å²) in [6, 6.07) is 0. The molecule has 1 unspecified atom stereocenters. The Hall–Kier alpha value is -0.650. The molecule has 0 aromatic heterocycles. The molecule has 2 N–H and O–H groups in total. The Balaban J connectivity index is 1.96. The molecule has 1 rings (SSSR count). The molecule has 0 radical (unpaired) electrons. The molecule has 1 fully saturated rings. The van der Waals surface area contributed by atoms with E-state index in [0.29, 0.717) is 13.2 Å². The maximum atomic E-state index is 11.4. The van der Waals surface area contributed by atoms with Crippen molar-refractivity contribution in [1.29, 1.82) is 0 Å². The summed E-state index contributed by atoms with van der Waals surface area (Å²) < 4.78 is 10.4. The number of amides is 1. The zero-order valence-corrected chi connectivity index (χ0v) is 9.96. The van der Waals surface area contributed by atoms with Gasteiger partial charge in [0.15, 0.2) is 0 Å². The van der Waals surface area contributed by atoms with Crippen LogP contribution in [-0.4, -0.2) is 52.0 Å². The Morgan fingerprint density at radius 1 is 1.56 bits per heavy atom. The number of piperidine rings is 1. The van der Waals surface area contributed by atoms with Gasteiger partial charge in [-0.3, -0.25) is 4.79 Å². The molecule has 0 aliphatic carbocycles. The van der Waals surface area contributed by atoms with Gasteiger partial charge in [0, 0.05) is 26.8 Å². The highest BCUT2D eigenvalue weighted by Crippen LogP contribution is 2.05. The molecule has 5 nitrogen and oxygen atoms in total. The Labute approximate surface area is 96.9 Å². The van der Waals surface area contributed by atoms with Gasteiger partial charge in [0.05, 0.1) is 6.10 Å². The molecule has 0 aromatic carbocycles. The van der Waals surface area contributed by atoms with Gasteiger partial charge in [0.25, 0.3) is 0 Å². The zero-order valence-electron chi connectivity index (χ0n) is 9.96. The van der Waals surface area contributed by atoms with Crippen LogP contribution in [0.3, 0.4) is 0 Å². The van der Waals surface area contributed by atoms with Crippen LogP contribution in [-0.2, 0) is 14.3 Å². The van der Waals surface area contributed by atoms with E-state index in [1.807, 2.05) is 0 Å². The summed E-state index contributed by atoms with van der Waals surface area (Å²) in [5, 5.41) is 6.04. The van der Waals surface area contributed by atoms with Crippen molar-refractivity contribution in [3.63, 3.8) is 0 Å². The molecule has 0 spiro atoms. The monoisotopic (exact) mass is 230 g/mol. The van der Waals surface area contributed by atoms with Gasteiger partial charge < -0.3 is 20.1 Å². The number of carbonyl (C=O) groups is 1. The lowest BCUT2D eigenvalue weighted by Crippen LogP contribution is -2.38. The molecule has 16 heavy (non-hydrogen) atoms. The van der Waals surface area contributed by atoms with E-state index in [4.69, 9.17) is 9.47 Å². The second-order valence-electron chi connectivity index (χ2n) is 3.98.